The minimum atomic E-state index is -0.108. The summed E-state index contributed by atoms with van der Waals surface area (Å²) in [6.45, 7) is 3.28. The second-order valence-electron chi connectivity index (χ2n) is 7.74. The molecule has 1 aromatic heterocycles. The van der Waals surface area contributed by atoms with E-state index in [4.69, 9.17) is 4.74 Å². The molecule has 1 aromatic carbocycles. The molecule has 2 aromatic rings. The van der Waals surface area contributed by atoms with Crippen molar-refractivity contribution in [2.24, 2.45) is 5.92 Å². The van der Waals surface area contributed by atoms with Crippen molar-refractivity contribution in [3.05, 3.63) is 42.1 Å². The number of amides is 1. The molecule has 1 amide bonds. The van der Waals surface area contributed by atoms with Crippen molar-refractivity contribution in [2.45, 2.75) is 18.4 Å². The van der Waals surface area contributed by atoms with E-state index in [1.54, 1.807) is 6.20 Å². The molecule has 0 aliphatic carbocycles. The van der Waals surface area contributed by atoms with Gasteiger partial charge in [0.2, 0.25) is 0 Å². The first kappa shape index (κ1) is 16.5. The number of para-hydroxylation sites is 1. The molecule has 2 aliphatic rings. The van der Waals surface area contributed by atoms with Crippen molar-refractivity contribution in [1.29, 1.82) is 0 Å². The van der Waals surface area contributed by atoms with Crippen LogP contribution in [-0.4, -0.2) is 66.6 Å². The molecule has 0 unspecified atom stereocenters. The Balaban J connectivity index is 1.37. The highest BCUT2D eigenvalue weighted by molar-refractivity contribution is 5.97. The molecule has 2 saturated heterocycles. The number of hydrogen-bond donors (Lipinski definition) is 0. The molecule has 0 radical (unpaired) electrons. The standard InChI is InChI=1S/C20H25N3O2/c1-22(2)11-15-7-8-20(25-12-15)13-23(14-20)19(24)17-9-16-5-3-4-6-18(16)21-10-17/h3-6,9-10,15H,7-8,11-14H2,1-2H3/t15-/m0/s1. The number of carbonyl (C=O) groups is 1. The Hall–Kier alpha value is -1.98. The van der Waals surface area contributed by atoms with Gasteiger partial charge >= 0.3 is 0 Å². The summed E-state index contributed by atoms with van der Waals surface area (Å²) in [6, 6.07) is 9.81. The number of pyridine rings is 1. The highest BCUT2D eigenvalue weighted by atomic mass is 16.5. The lowest BCUT2D eigenvalue weighted by Gasteiger charge is -2.52. The number of rotatable bonds is 3. The molecule has 2 fully saturated rings. The number of aromatic nitrogens is 1. The largest absolute Gasteiger partial charge is 0.371 e. The average Bonchev–Trinajstić information content (AvgIpc) is 2.59. The number of ether oxygens (including phenoxy) is 1. The van der Waals surface area contributed by atoms with Crippen LogP contribution in [0.2, 0.25) is 0 Å². The lowest BCUT2D eigenvalue weighted by Crippen LogP contribution is -2.66. The zero-order valence-electron chi connectivity index (χ0n) is 14.9. The highest BCUT2D eigenvalue weighted by Crippen LogP contribution is 2.36. The quantitative estimate of drug-likeness (QED) is 0.861. The Morgan fingerprint density at radius 2 is 2.16 bits per heavy atom. The monoisotopic (exact) mass is 339 g/mol. The van der Waals surface area contributed by atoms with Gasteiger partial charge in [0.05, 0.1) is 30.8 Å². The van der Waals surface area contributed by atoms with Gasteiger partial charge in [0.15, 0.2) is 0 Å². The third-order valence-corrected chi connectivity index (χ3v) is 5.34. The predicted octanol–water partition coefficient (Wildman–Crippen LogP) is 2.42. The molecule has 25 heavy (non-hydrogen) atoms. The van der Waals surface area contributed by atoms with E-state index in [9.17, 15) is 4.79 Å². The molecule has 0 saturated carbocycles. The van der Waals surface area contributed by atoms with Gasteiger partial charge in [-0.2, -0.15) is 0 Å². The summed E-state index contributed by atoms with van der Waals surface area (Å²) in [6.07, 6.45) is 3.91. The van der Waals surface area contributed by atoms with Crippen LogP contribution in [0.4, 0.5) is 0 Å². The maximum atomic E-state index is 12.7. The number of nitrogens with zero attached hydrogens (tertiary/aromatic N) is 3. The molecule has 4 rings (SSSR count). The summed E-state index contributed by atoms with van der Waals surface area (Å²) < 4.78 is 6.17. The molecule has 0 bridgehead atoms. The van der Waals surface area contributed by atoms with Crippen molar-refractivity contribution in [2.75, 3.05) is 40.3 Å². The smallest absolute Gasteiger partial charge is 0.255 e. The fourth-order valence-electron chi connectivity index (χ4n) is 3.99. The van der Waals surface area contributed by atoms with E-state index >= 15 is 0 Å². The Labute approximate surface area is 148 Å². The maximum Gasteiger partial charge on any atom is 0.255 e. The van der Waals surface area contributed by atoms with Crippen molar-refractivity contribution in [3.8, 4) is 0 Å². The maximum absolute atomic E-state index is 12.7. The summed E-state index contributed by atoms with van der Waals surface area (Å²) in [5, 5.41) is 1.00. The second-order valence-corrected chi connectivity index (χ2v) is 7.74. The van der Waals surface area contributed by atoms with Gasteiger partial charge in [-0.05, 0) is 45.0 Å². The predicted molar refractivity (Wildman–Crippen MR) is 97.6 cm³/mol. The summed E-state index contributed by atoms with van der Waals surface area (Å²) in [5.41, 5.74) is 1.47. The second kappa shape index (κ2) is 6.39. The van der Waals surface area contributed by atoms with Gasteiger partial charge in [-0.25, -0.2) is 0 Å². The summed E-state index contributed by atoms with van der Waals surface area (Å²) in [4.78, 5) is 21.2. The number of benzene rings is 1. The van der Waals surface area contributed by atoms with Crippen molar-refractivity contribution in [1.82, 2.24) is 14.8 Å². The lowest BCUT2D eigenvalue weighted by molar-refractivity contribution is -0.168. The van der Waals surface area contributed by atoms with Gasteiger partial charge in [0.25, 0.3) is 5.91 Å². The lowest BCUT2D eigenvalue weighted by atomic mass is 9.82. The summed E-state index contributed by atoms with van der Waals surface area (Å²) >= 11 is 0. The van der Waals surface area contributed by atoms with Gasteiger partial charge in [0.1, 0.15) is 5.60 Å². The van der Waals surface area contributed by atoms with Crippen LogP contribution in [-0.2, 0) is 4.74 Å². The van der Waals surface area contributed by atoms with E-state index < -0.39 is 0 Å². The Kier molecular flexibility index (Phi) is 4.21. The van der Waals surface area contributed by atoms with Crippen LogP contribution in [0.25, 0.3) is 10.9 Å². The molecule has 0 N–H and O–H groups in total. The molecular weight excluding hydrogens is 314 g/mol. The SMILES string of the molecule is CN(C)C[C@@H]1CCC2(CN(C(=O)c3cnc4ccccc4c3)C2)OC1. The Morgan fingerprint density at radius 3 is 2.88 bits per heavy atom. The fraction of sp³-hybridized carbons (Fsp3) is 0.500. The van der Waals surface area contributed by atoms with Crippen molar-refractivity contribution < 1.29 is 9.53 Å². The summed E-state index contributed by atoms with van der Waals surface area (Å²) in [5.74, 6) is 0.665. The molecule has 5 heteroatoms. The van der Waals surface area contributed by atoms with Gasteiger partial charge < -0.3 is 14.5 Å². The number of fused-ring (bicyclic) bond motifs is 1. The molecular formula is C20H25N3O2. The average molecular weight is 339 g/mol. The van der Waals surface area contributed by atoms with E-state index in [2.05, 4.69) is 24.0 Å². The van der Waals surface area contributed by atoms with Crippen LogP contribution in [0.5, 0.6) is 0 Å². The topological polar surface area (TPSA) is 45.7 Å². The molecule has 1 spiro atoms. The molecule has 3 heterocycles. The molecule has 2 aliphatic heterocycles. The third-order valence-electron chi connectivity index (χ3n) is 5.34. The third kappa shape index (κ3) is 3.26. The highest BCUT2D eigenvalue weighted by Gasteiger charge is 2.48. The Bertz CT molecular complexity index is 773. The molecule has 1 atom stereocenters. The number of likely N-dealkylation sites (tertiary alicyclic amines) is 1. The fourth-order valence-corrected chi connectivity index (χ4v) is 3.99. The van der Waals surface area contributed by atoms with E-state index in [-0.39, 0.29) is 11.5 Å². The van der Waals surface area contributed by atoms with E-state index in [1.807, 2.05) is 35.2 Å². The molecule has 132 valence electrons. The van der Waals surface area contributed by atoms with Gasteiger partial charge in [0, 0.05) is 18.1 Å². The molecule has 5 nitrogen and oxygen atoms in total. The van der Waals surface area contributed by atoms with Gasteiger partial charge in [-0.1, -0.05) is 18.2 Å². The van der Waals surface area contributed by atoms with Gasteiger partial charge in [-0.3, -0.25) is 9.78 Å². The van der Waals surface area contributed by atoms with Crippen molar-refractivity contribution >= 4 is 16.8 Å². The van der Waals surface area contributed by atoms with E-state index in [1.165, 1.54) is 6.42 Å². The van der Waals surface area contributed by atoms with Crippen LogP contribution < -0.4 is 0 Å². The van der Waals surface area contributed by atoms with Crippen LogP contribution >= 0.6 is 0 Å². The first-order valence-corrected chi connectivity index (χ1v) is 8.97. The number of hydrogen-bond acceptors (Lipinski definition) is 4. The van der Waals surface area contributed by atoms with Gasteiger partial charge in [-0.15, -0.1) is 0 Å². The minimum Gasteiger partial charge on any atom is -0.371 e. The van der Waals surface area contributed by atoms with E-state index in [0.717, 1.165) is 30.5 Å². The van der Waals surface area contributed by atoms with Crippen LogP contribution in [0.1, 0.15) is 23.2 Å². The van der Waals surface area contributed by atoms with Crippen LogP contribution in [0.3, 0.4) is 0 Å². The number of carbonyl (C=O) groups excluding carboxylic acids is 1. The van der Waals surface area contributed by atoms with Crippen LogP contribution in [0.15, 0.2) is 36.5 Å². The van der Waals surface area contributed by atoms with E-state index in [0.29, 0.717) is 24.6 Å². The normalized spacial score (nSPS) is 22.4. The first-order valence-electron chi connectivity index (χ1n) is 8.97. The van der Waals surface area contributed by atoms with Crippen molar-refractivity contribution in [3.63, 3.8) is 0 Å². The zero-order valence-corrected chi connectivity index (χ0v) is 14.9. The minimum absolute atomic E-state index is 0.0582. The first-order chi connectivity index (χ1) is 12.0. The van der Waals surface area contributed by atoms with Crippen LogP contribution in [0, 0.1) is 5.92 Å². The summed E-state index contributed by atoms with van der Waals surface area (Å²) in [7, 11) is 4.21. The Morgan fingerprint density at radius 1 is 1.36 bits per heavy atom. The zero-order chi connectivity index (χ0) is 17.4.